The third-order valence-electron chi connectivity index (χ3n) is 3.91. The number of rotatable bonds is 7. The van der Waals surface area contributed by atoms with E-state index in [1.54, 1.807) is 24.8 Å². The first-order chi connectivity index (χ1) is 13.1. The van der Waals surface area contributed by atoms with Crippen LogP contribution < -0.4 is 5.32 Å². The molecular weight excluding hydrogens is 387 g/mol. The Hall–Kier alpha value is -2.31. The lowest BCUT2D eigenvalue weighted by Crippen LogP contribution is -2.25. The van der Waals surface area contributed by atoms with Crippen LogP contribution in [-0.4, -0.2) is 23.4 Å². The first kappa shape index (κ1) is 19.5. The molecule has 140 valence electrons. The number of thioether (sulfide) groups is 1. The first-order valence-corrected chi connectivity index (χ1v) is 9.81. The highest BCUT2D eigenvalue weighted by molar-refractivity contribution is 7.99. The molecule has 27 heavy (non-hydrogen) atoms. The number of benzene rings is 2. The van der Waals surface area contributed by atoms with E-state index in [-0.39, 0.29) is 27.8 Å². The number of carbonyl (C=O) groups is 1. The summed E-state index contributed by atoms with van der Waals surface area (Å²) in [6, 6.07) is 14.4. The summed E-state index contributed by atoms with van der Waals surface area (Å²) in [7, 11) is 0. The molecule has 0 saturated heterocycles. The molecular formula is C20H18ClFN2O2S. The lowest BCUT2D eigenvalue weighted by molar-refractivity contribution is 0.0953. The minimum absolute atomic E-state index is 0.0702. The summed E-state index contributed by atoms with van der Waals surface area (Å²) in [6.07, 6.45) is 0.797. The average molecular weight is 405 g/mol. The van der Waals surface area contributed by atoms with Gasteiger partial charge in [-0.2, -0.15) is 0 Å². The number of amides is 1. The van der Waals surface area contributed by atoms with Crippen LogP contribution in [0.2, 0.25) is 5.02 Å². The molecule has 4 nitrogen and oxygen atoms in total. The molecule has 1 aromatic heterocycles. The van der Waals surface area contributed by atoms with E-state index in [0.717, 1.165) is 12.2 Å². The molecule has 0 aliphatic carbocycles. The second-order valence-electron chi connectivity index (χ2n) is 5.83. The van der Waals surface area contributed by atoms with Gasteiger partial charge in [0.1, 0.15) is 22.8 Å². The third-order valence-corrected chi connectivity index (χ3v) is 5.32. The van der Waals surface area contributed by atoms with Gasteiger partial charge in [0.05, 0.1) is 10.6 Å². The Labute approximate surface area is 166 Å². The highest BCUT2D eigenvalue weighted by atomic mass is 35.5. The number of hydrogen-bond donors (Lipinski definition) is 1. The molecule has 0 bridgehead atoms. The highest BCUT2D eigenvalue weighted by Crippen LogP contribution is 2.33. The predicted octanol–water partition coefficient (Wildman–Crippen LogP) is 5.35. The summed E-state index contributed by atoms with van der Waals surface area (Å²) in [4.78, 5) is 13.8. The van der Waals surface area contributed by atoms with Crippen LogP contribution in [0.4, 0.5) is 4.39 Å². The van der Waals surface area contributed by atoms with E-state index >= 15 is 0 Å². The Morgan fingerprint density at radius 1 is 1.22 bits per heavy atom. The van der Waals surface area contributed by atoms with Gasteiger partial charge in [-0.25, -0.2) is 4.39 Å². The van der Waals surface area contributed by atoms with Crippen molar-refractivity contribution in [3.8, 4) is 11.3 Å². The number of aromatic nitrogens is 1. The second-order valence-corrected chi connectivity index (χ2v) is 7.41. The molecule has 0 atom stereocenters. The molecule has 0 unspecified atom stereocenters. The van der Waals surface area contributed by atoms with Gasteiger partial charge in [0.15, 0.2) is 0 Å². The van der Waals surface area contributed by atoms with Gasteiger partial charge in [-0.15, -0.1) is 11.8 Å². The maximum atomic E-state index is 14.2. The molecule has 3 rings (SSSR count). The van der Waals surface area contributed by atoms with E-state index in [1.165, 1.54) is 17.0 Å². The molecule has 7 heteroatoms. The zero-order chi connectivity index (χ0) is 19.2. The van der Waals surface area contributed by atoms with Crippen LogP contribution >= 0.6 is 23.4 Å². The summed E-state index contributed by atoms with van der Waals surface area (Å²) in [5.74, 6) is 0.288. The van der Waals surface area contributed by atoms with Gasteiger partial charge >= 0.3 is 0 Å². The van der Waals surface area contributed by atoms with Gasteiger partial charge < -0.3 is 9.84 Å². The molecule has 0 aliphatic heterocycles. The molecule has 0 spiro atoms. The van der Waals surface area contributed by atoms with Crippen molar-refractivity contribution in [1.29, 1.82) is 0 Å². The molecule has 0 radical (unpaired) electrons. The zero-order valence-electron chi connectivity index (χ0n) is 14.7. The molecule has 3 aromatic rings. The van der Waals surface area contributed by atoms with Crippen LogP contribution in [0.15, 0.2) is 57.9 Å². The standard InChI is InChI=1S/C20H18ClFN2O2S/c1-13-17(19(24-26-13)18-15(21)9-5-10-16(18)22)20(25)23-11-6-12-27-14-7-3-2-4-8-14/h2-5,7-10H,6,11-12H2,1H3,(H,23,25). The monoisotopic (exact) mass is 404 g/mol. The Kier molecular flexibility index (Phi) is 6.53. The summed E-state index contributed by atoms with van der Waals surface area (Å²) < 4.78 is 19.3. The maximum Gasteiger partial charge on any atom is 0.257 e. The number of hydrogen-bond acceptors (Lipinski definition) is 4. The fraction of sp³-hybridized carbons (Fsp3) is 0.200. The third kappa shape index (κ3) is 4.70. The van der Waals surface area contributed by atoms with Crippen LogP contribution in [0.5, 0.6) is 0 Å². The Balaban J connectivity index is 1.63. The van der Waals surface area contributed by atoms with Crippen molar-refractivity contribution in [3.63, 3.8) is 0 Å². The maximum absolute atomic E-state index is 14.2. The number of nitrogens with one attached hydrogen (secondary N) is 1. The van der Waals surface area contributed by atoms with E-state index in [2.05, 4.69) is 10.5 Å². The van der Waals surface area contributed by atoms with E-state index < -0.39 is 5.82 Å². The molecule has 1 amide bonds. The fourth-order valence-corrected chi connectivity index (χ4v) is 3.73. The van der Waals surface area contributed by atoms with Gasteiger partial charge in [0.2, 0.25) is 0 Å². The summed E-state index contributed by atoms with van der Waals surface area (Å²) in [5, 5.41) is 6.87. The number of carbonyl (C=O) groups excluding carboxylic acids is 1. The van der Waals surface area contributed by atoms with Crippen LogP contribution in [0.25, 0.3) is 11.3 Å². The average Bonchev–Trinajstić information content (AvgIpc) is 3.03. The van der Waals surface area contributed by atoms with Gasteiger partial charge in [-0.1, -0.05) is 41.0 Å². The quantitative estimate of drug-likeness (QED) is 0.425. The normalized spacial score (nSPS) is 10.8. The molecule has 0 fully saturated rings. The van der Waals surface area contributed by atoms with Gasteiger partial charge in [-0.3, -0.25) is 4.79 Å². The molecule has 1 heterocycles. The van der Waals surface area contributed by atoms with Crippen molar-refractivity contribution in [2.24, 2.45) is 0 Å². The van der Waals surface area contributed by atoms with E-state index in [9.17, 15) is 9.18 Å². The molecule has 0 saturated carbocycles. The number of nitrogens with zero attached hydrogens (tertiary/aromatic N) is 1. The van der Waals surface area contributed by atoms with Gasteiger partial charge in [0, 0.05) is 11.4 Å². The van der Waals surface area contributed by atoms with Crippen LogP contribution in [-0.2, 0) is 0 Å². The zero-order valence-corrected chi connectivity index (χ0v) is 16.2. The lowest BCUT2D eigenvalue weighted by atomic mass is 10.0. The fourth-order valence-electron chi connectivity index (χ4n) is 2.60. The van der Waals surface area contributed by atoms with Crippen molar-refractivity contribution < 1.29 is 13.7 Å². The van der Waals surface area contributed by atoms with E-state index in [0.29, 0.717) is 12.3 Å². The van der Waals surface area contributed by atoms with Crippen LogP contribution in [0, 0.1) is 12.7 Å². The molecule has 0 aliphatic rings. The predicted molar refractivity (Wildman–Crippen MR) is 106 cm³/mol. The number of aryl methyl sites for hydroxylation is 1. The Morgan fingerprint density at radius 2 is 2.00 bits per heavy atom. The van der Waals surface area contributed by atoms with Crippen molar-refractivity contribution in [2.45, 2.75) is 18.2 Å². The van der Waals surface area contributed by atoms with Crippen LogP contribution in [0.3, 0.4) is 0 Å². The SMILES string of the molecule is Cc1onc(-c2c(F)cccc2Cl)c1C(=O)NCCCSc1ccccc1. The minimum atomic E-state index is -0.552. The van der Waals surface area contributed by atoms with E-state index in [1.807, 2.05) is 30.3 Å². The number of halogens is 2. The van der Waals surface area contributed by atoms with Crippen molar-refractivity contribution >= 4 is 29.3 Å². The Bertz CT molecular complexity index is 911. The van der Waals surface area contributed by atoms with E-state index in [4.69, 9.17) is 16.1 Å². The highest BCUT2D eigenvalue weighted by Gasteiger charge is 2.25. The van der Waals surface area contributed by atoms with Crippen LogP contribution in [0.1, 0.15) is 22.5 Å². The van der Waals surface area contributed by atoms with Crippen molar-refractivity contribution in [3.05, 3.63) is 70.7 Å². The second kappa shape index (κ2) is 9.06. The topological polar surface area (TPSA) is 55.1 Å². The van der Waals surface area contributed by atoms with Gasteiger partial charge in [-0.05, 0) is 43.4 Å². The molecule has 1 N–H and O–H groups in total. The van der Waals surface area contributed by atoms with Crippen molar-refractivity contribution in [1.82, 2.24) is 10.5 Å². The summed E-state index contributed by atoms with van der Waals surface area (Å²) >= 11 is 7.83. The van der Waals surface area contributed by atoms with Gasteiger partial charge in [0.25, 0.3) is 5.91 Å². The lowest BCUT2D eigenvalue weighted by Gasteiger charge is -2.07. The summed E-state index contributed by atoms with van der Waals surface area (Å²) in [6.45, 7) is 2.11. The smallest absolute Gasteiger partial charge is 0.257 e. The Morgan fingerprint density at radius 3 is 2.74 bits per heavy atom. The minimum Gasteiger partial charge on any atom is -0.360 e. The summed E-state index contributed by atoms with van der Waals surface area (Å²) in [5.41, 5.74) is 0.394. The first-order valence-electron chi connectivity index (χ1n) is 8.44. The molecule has 2 aromatic carbocycles. The largest absolute Gasteiger partial charge is 0.360 e. The van der Waals surface area contributed by atoms with Crippen molar-refractivity contribution in [2.75, 3.05) is 12.3 Å².